The molecule has 7 nitrogen and oxygen atoms in total. The number of hydrogen-bond acceptors (Lipinski definition) is 5. The molecule has 1 aromatic carbocycles. The number of H-pyrrole nitrogens is 1. The number of carbonyl (C=O) groups is 1. The maximum atomic E-state index is 12.7. The molecule has 0 spiro atoms. The van der Waals surface area contributed by atoms with Gasteiger partial charge in [-0.2, -0.15) is 5.10 Å². The second-order valence-electron chi connectivity index (χ2n) is 6.30. The Morgan fingerprint density at radius 3 is 3.08 bits per heavy atom. The number of aromatic amines is 1. The molecule has 1 fully saturated rings. The van der Waals surface area contributed by atoms with Gasteiger partial charge in [-0.25, -0.2) is 4.98 Å². The lowest BCUT2D eigenvalue weighted by Gasteiger charge is -2.32. The molecule has 1 amide bonds. The van der Waals surface area contributed by atoms with Crippen molar-refractivity contribution in [2.45, 2.75) is 19.4 Å². The van der Waals surface area contributed by atoms with E-state index in [1.807, 2.05) is 30.0 Å². The molecule has 126 valence electrons. The van der Waals surface area contributed by atoms with Crippen molar-refractivity contribution in [1.82, 2.24) is 20.1 Å². The van der Waals surface area contributed by atoms with Gasteiger partial charge in [0.15, 0.2) is 5.82 Å². The molecule has 7 heteroatoms. The summed E-state index contributed by atoms with van der Waals surface area (Å²) >= 11 is 0. The summed E-state index contributed by atoms with van der Waals surface area (Å²) in [6.45, 7) is 5.01. The van der Waals surface area contributed by atoms with Crippen LogP contribution in [0.1, 0.15) is 23.3 Å². The minimum atomic E-state index is -0.178. The number of ether oxygens (including phenoxy) is 1. The SMILES string of the molecule is Cc1nc([C@H]2CN(CC(=O)N3CCc4ccccc43)CCO2)n[nH]1. The van der Waals surface area contributed by atoms with E-state index < -0.39 is 0 Å². The summed E-state index contributed by atoms with van der Waals surface area (Å²) in [5.74, 6) is 1.58. The number of nitrogens with zero attached hydrogens (tertiary/aromatic N) is 4. The molecule has 24 heavy (non-hydrogen) atoms. The maximum absolute atomic E-state index is 12.7. The van der Waals surface area contributed by atoms with Gasteiger partial charge in [0.25, 0.3) is 0 Å². The summed E-state index contributed by atoms with van der Waals surface area (Å²) in [6, 6.07) is 8.14. The first-order valence-electron chi connectivity index (χ1n) is 8.32. The lowest BCUT2D eigenvalue weighted by molar-refractivity contribution is -0.121. The van der Waals surface area contributed by atoms with E-state index in [1.165, 1.54) is 5.56 Å². The lowest BCUT2D eigenvalue weighted by Crippen LogP contribution is -2.45. The standard InChI is InChI=1S/C17H21N5O2/c1-12-18-17(20-19-12)15-10-21(8-9-24-15)11-16(23)22-7-6-13-4-2-3-5-14(13)22/h2-5,15H,6-11H2,1H3,(H,18,19,20)/t15-/m1/s1. The van der Waals surface area contributed by atoms with Crippen molar-refractivity contribution in [2.75, 3.05) is 37.7 Å². The van der Waals surface area contributed by atoms with Crippen LogP contribution in [0.5, 0.6) is 0 Å². The number of aromatic nitrogens is 3. The average Bonchev–Trinajstić information content (AvgIpc) is 3.21. The van der Waals surface area contributed by atoms with Crippen LogP contribution in [0.3, 0.4) is 0 Å². The Bertz CT molecular complexity index is 744. The molecule has 3 heterocycles. The van der Waals surface area contributed by atoms with Gasteiger partial charge < -0.3 is 9.64 Å². The molecule has 0 aliphatic carbocycles. The quantitative estimate of drug-likeness (QED) is 0.913. The third kappa shape index (κ3) is 2.92. The Hall–Kier alpha value is -2.25. The van der Waals surface area contributed by atoms with E-state index >= 15 is 0 Å². The van der Waals surface area contributed by atoms with Crippen molar-refractivity contribution in [3.8, 4) is 0 Å². The van der Waals surface area contributed by atoms with Crippen LogP contribution in [0.25, 0.3) is 0 Å². The van der Waals surface area contributed by atoms with Crippen molar-refractivity contribution in [3.63, 3.8) is 0 Å². The van der Waals surface area contributed by atoms with Crippen LogP contribution < -0.4 is 4.90 Å². The van der Waals surface area contributed by atoms with E-state index in [0.717, 1.165) is 31.0 Å². The Morgan fingerprint density at radius 2 is 2.25 bits per heavy atom. The molecule has 0 bridgehead atoms. The number of benzene rings is 1. The first-order chi connectivity index (χ1) is 11.7. The zero-order valence-corrected chi connectivity index (χ0v) is 13.7. The Kier molecular flexibility index (Phi) is 4.03. The van der Waals surface area contributed by atoms with Crippen LogP contribution in [0.2, 0.25) is 0 Å². The van der Waals surface area contributed by atoms with Gasteiger partial charge in [0.1, 0.15) is 11.9 Å². The van der Waals surface area contributed by atoms with Gasteiger partial charge in [-0.15, -0.1) is 0 Å². The van der Waals surface area contributed by atoms with E-state index in [-0.39, 0.29) is 12.0 Å². The summed E-state index contributed by atoms with van der Waals surface area (Å²) in [7, 11) is 0. The number of para-hydroxylation sites is 1. The molecule has 0 saturated carbocycles. The van der Waals surface area contributed by atoms with Crippen molar-refractivity contribution < 1.29 is 9.53 Å². The van der Waals surface area contributed by atoms with Gasteiger partial charge in [0, 0.05) is 25.3 Å². The highest BCUT2D eigenvalue weighted by atomic mass is 16.5. The van der Waals surface area contributed by atoms with Gasteiger partial charge in [-0.1, -0.05) is 18.2 Å². The zero-order valence-electron chi connectivity index (χ0n) is 13.7. The van der Waals surface area contributed by atoms with Gasteiger partial charge in [-0.3, -0.25) is 14.8 Å². The largest absolute Gasteiger partial charge is 0.367 e. The summed E-state index contributed by atoms with van der Waals surface area (Å²) < 4.78 is 5.76. The van der Waals surface area contributed by atoms with Crippen LogP contribution in [0.15, 0.2) is 24.3 Å². The minimum Gasteiger partial charge on any atom is -0.367 e. The van der Waals surface area contributed by atoms with Crippen molar-refractivity contribution >= 4 is 11.6 Å². The number of aryl methyl sites for hydroxylation is 1. The number of morpholine rings is 1. The first-order valence-corrected chi connectivity index (χ1v) is 8.32. The lowest BCUT2D eigenvalue weighted by atomic mass is 10.2. The predicted molar refractivity (Wildman–Crippen MR) is 88.8 cm³/mol. The van der Waals surface area contributed by atoms with Crippen molar-refractivity contribution in [1.29, 1.82) is 0 Å². The fourth-order valence-corrected chi connectivity index (χ4v) is 3.38. The van der Waals surface area contributed by atoms with Crippen LogP contribution in [-0.2, 0) is 16.0 Å². The van der Waals surface area contributed by atoms with Crippen molar-refractivity contribution in [3.05, 3.63) is 41.5 Å². The Morgan fingerprint density at radius 1 is 1.38 bits per heavy atom. The highest BCUT2D eigenvalue weighted by Gasteiger charge is 2.29. The van der Waals surface area contributed by atoms with Crippen molar-refractivity contribution in [2.24, 2.45) is 0 Å². The highest BCUT2D eigenvalue weighted by Crippen LogP contribution is 2.28. The average molecular weight is 327 g/mol. The fourth-order valence-electron chi connectivity index (χ4n) is 3.38. The molecule has 1 N–H and O–H groups in total. The summed E-state index contributed by atoms with van der Waals surface area (Å²) in [5.41, 5.74) is 2.30. The number of rotatable bonds is 3. The molecule has 1 atom stereocenters. The predicted octanol–water partition coefficient (Wildman–Crippen LogP) is 1.08. The molecule has 1 aromatic heterocycles. The summed E-state index contributed by atoms with van der Waals surface area (Å²) in [6.07, 6.45) is 0.756. The minimum absolute atomic E-state index is 0.145. The molecule has 2 aliphatic heterocycles. The number of nitrogens with one attached hydrogen (secondary N) is 1. The van der Waals surface area contributed by atoms with E-state index in [2.05, 4.69) is 26.1 Å². The highest BCUT2D eigenvalue weighted by molar-refractivity contribution is 5.96. The summed E-state index contributed by atoms with van der Waals surface area (Å²) in [5, 5.41) is 7.02. The first kappa shape index (κ1) is 15.3. The van der Waals surface area contributed by atoms with Gasteiger partial charge in [0.05, 0.1) is 13.2 Å². The van der Waals surface area contributed by atoms with Crippen LogP contribution >= 0.6 is 0 Å². The second-order valence-corrected chi connectivity index (χ2v) is 6.30. The second kappa shape index (κ2) is 6.33. The fraction of sp³-hybridized carbons (Fsp3) is 0.471. The van der Waals surface area contributed by atoms with E-state index in [4.69, 9.17) is 4.74 Å². The monoisotopic (exact) mass is 327 g/mol. The summed E-state index contributed by atoms with van der Waals surface area (Å²) in [4.78, 5) is 21.1. The van der Waals surface area contributed by atoms with E-state index in [9.17, 15) is 4.79 Å². The molecule has 2 aromatic rings. The third-order valence-electron chi connectivity index (χ3n) is 4.60. The topological polar surface area (TPSA) is 74.3 Å². The van der Waals surface area contributed by atoms with Crippen LogP contribution in [0.4, 0.5) is 5.69 Å². The number of hydrogen-bond donors (Lipinski definition) is 1. The number of anilines is 1. The number of carbonyl (C=O) groups excluding carboxylic acids is 1. The molecular weight excluding hydrogens is 306 g/mol. The van der Waals surface area contributed by atoms with Crippen LogP contribution in [0, 0.1) is 6.92 Å². The number of fused-ring (bicyclic) bond motifs is 1. The zero-order chi connectivity index (χ0) is 16.5. The molecule has 4 rings (SSSR count). The molecular formula is C17H21N5O2. The van der Waals surface area contributed by atoms with Crippen LogP contribution in [-0.4, -0.2) is 58.8 Å². The van der Waals surface area contributed by atoms with E-state index in [1.54, 1.807) is 0 Å². The molecule has 2 aliphatic rings. The third-order valence-corrected chi connectivity index (χ3v) is 4.60. The molecule has 0 unspecified atom stereocenters. The smallest absolute Gasteiger partial charge is 0.241 e. The Balaban J connectivity index is 1.41. The van der Waals surface area contributed by atoms with Gasteiger partial charge in [0.2, 0.25) is 5.91 Å². The normalized spacial score (nSPS) is 21.0. The van der Waals surface area contributed by atoms with Gasteiger partial charge in [-0.05, 0) is 25.0 Å². The van der Waals surface area contributed by atoms with Gasteiger partial charge >= 0.3 is 0 Å². The van der Waals surface area contributed by atoms with E-state index in [0.29, 0.717) is 25.5 Å². The maximum Gasteiger partial charge on any atom is 0.241 e. The molecule has 1 saturated heterocycles. The number of amides is 1. The molecule has 0 radical (unpaired) electrons. The Labute approximate surface area is 140 Å².